The molecule has 1 aliphatic heterocycles. The number of aromatic nitrogens is 4. The summed E-state index contributed by atoms with van der Waals surface area (Å²) in [4.78, 5) is 27.2. The average molecular weight is 420 g/mol. The molecule has 9 heteroatoms. The first kappa shape index (κ1) is 20.5. The zero-order chi connectivity index (χ0) is 21.6. The van der Waals surface area contributed by atoms with Gasteiger partial charge in [0.15, 0.2) is 12.4 Å². The molecule has 0 radical (unpaired) electrons. The molecule has 160 valence electrons. The number of benzene rings is 2. The maximum absolute atomic E-state index is 12.8. The van der Waals surface area contributed by atoms with Crippen LogP contribution in [0.15, 0.2) is 54.6 Å². The van der Waals surface area contributed by atoms with Crippen molar-refractivity contribution in [3.8, 4) is 11.4 Å². The Bertz CT molecular complexity index is 1030. The van der Waals surface area contributed by atoms with Gasteiger partial charge in [-0.05, 0) is 60.9 Å². The molecule has 0 unspecified atom stereocenters. The minimum Gasteiger partial charge on any atom is -0.484 e. The molecule has 1 atom stereocenters. The van der Waals surface area contributed by atoms with Gasteiger partial charge < -0.3 is 15.0 Å². The molecule has 4 rings (SSSR count). The maximum atomic E-state index is 12.8. The summed E-state index contributed by atoms with van der Waals surface area (Å²) >= 11 is 0. The van der Waals surface area contributed by atoms with Gasteiger partial charge in [-0.15, -0.1) is 15.0 Å². The van der Waals surface area contributed by atoms with Gasteiger partial charge in [-0.2, -0.15) is 0 Å². The molecule has 0 aliphatic carbocycles. The highest BCUT2D eigenvalue weighted by Gasteiger charge is 2.31. The molecule has 0 bridgehead atoms. The van der Waals surface area contributed by atoms with E-state index in [4.69, 9.17) is 4.74 Å². The molecule has 3 aromatic rings. The van der Waals surface area contributed by atoms with Crippen LogP contribution in [0.2, 0.25) is 0 Å². The van der Waals surface area contributed by atoms with Crippen LogP contribution in [0.5, 0.6) is 5.75 Å². The van der Waals surface area contributed by atoms with Gasteiger partial charge in [-0.1, -0.05) is 18.2 Å². The number of likely N-dealkylation sites (tertiary alicyclic amines) is 1. The summed E-state index contributed by atoms with van der Waals surface area (Å²) in [6, 6.07) is 16.2. The molecule has 31 heavy (non-hydrogen) atoms. The van der Waals surface area contributed by atoms with E-state index in [0.717, 1.165) is 19.3 Å². The Balaban J connectivity index is 1.45. The minimum atomic E-state index is -0.229. The van der Waals surface area contributed by atoms with Crippen molar-refractivity contribution in [3.05, 3.63) is 60.4 Å². The molecule has 0 saturated carbocycles. The molecule has 1 N–H and O–H groups in total. The molecule has 2 heterocycles. The molecule has 1 saturated heterocycles. The number of rotatable bonds is 6. The molecule has 1 aromatic heterocycles. The lowest BCUT2D eigenvalue weighted by molar-refractivity contribution is -0.137. The van der Waals surface area contributed by atoms with Crippen molar-refractivity contribution in [1.29, 1.82) is 0 Å². The van der Waals surface area contributed by atoms with E-state index < -0.39 is 0 Å². The Kier molecular flexibility index (Phi) is 6.21. The zero-order valence-electron chi connectivity index (χ0n) is 17.3. The van der Waals surface area contributed by atoms with E-state index >= 15 is 0 Å². The SMILES string of the molecule is CC(=O)Nc1ccc(-n2nnc([C@H]3CCCCN3C(=O)COc3ccccc3)n2)cc1. The van der Waals surface area contributed by atoms with Crippen LogP contribution in [0.1, 0.15) is 38.1 Å². The summed E-state index contributed by atoms with van der Waals surface area (Å²) in [7, 11) is 0. The number of carbonyl (C=O) groups is 2. The first-order valence-electron chi connectivity index (χ1n) is 10.3. The third-order valence-electron chi connectivity index (χ3n) is 5.07. The van der Waals surface area contributed by atoms with Gasteiger partial charge in [0.1, 0.15) is 5.75 Å². The molecule has 0 spiro atoms. The van der Waals surface area contributed by atoms with E-state index in [9.17, 15) is 9.59 Å². The van der Waals surface area contributed by atoms with E-state index in [-0.39, 0.29) is 24.5 Å². The van der Waals surface area contributed by atoms with E-state index in [1.165, 1.54) is 11.7 Å². The highest BCUT2D eigenvalue weighted by Crippen LogP contribution is 2.29. The third-order valence-corrected chi connectivity index (χ3v) is 5.07. The molecule has 9 nitrogen and oxygen atoms in total. The third kappa shape index (κ3) is 5.06. The summed E-state index contributed by atoms with van der Waals surface area (Å²) in [5, 5.41) is 15.6. The number of ether oxygens (including phenoxy) is 1. The number of nitrogens with one attached hydrogen (secondary N) is 1. The average Bonchev–Trinajstić information content (AvgIpc) is 3.28. The predicted octanol–water partition coefficient (Wildman–Crippen LogP) is 2.75. The minimum absolute atomic E-state index is 0.0285. The highest BCUT2D eigenvalue weighted by atomic mass is 16.5. The standard InChI is InChI=1S/C22H24N6O3/c1-16(29)23-17-10-12-18(13-11-17)28-25-22(24-26-28)20-9-5-6-14-27(20)21(30)15-31-19-7-3-2-4-8-19/h2-4,7-8,10-13,20H,5-6,9,14-15H2,1H3,(H,23,29)/t20-/m1/s1. The lowest BCUT2D eigenvalue weighted by Gasteiger charge is -2.33. The first-order chi connectivity index (χ1) is 15.1. The van der Waals surface area contributed by atoms with Gasteiger partial charge >= 0.3 is 0 Å². The monoisotopic (exact) mass is 420 g/mol. The van der Waals surface area contributed by atoms with Crippen molar-refractivity contribution in [2.75, 3.05) is 18.5 Å². The normalized spacial score (nSPS) is 16.0. The van der Waals surface area contributed by atoms with Gasteiger partial charge in [-0.3, -0.25) is 9.59 Å². The van der Waals surface area contributed by atoms with Crippen LogP contribution in [0, 0.1) is 0 Å². The molecule has 2 aromatic carbocycles. The van der Waals surface area contributed by atoms with Crippen LogP contribution in [0.25, 0.3) is 5.69 Å². The van der Waals surface area contributed by atoms with E-state index in [1.54, 1.807) is 29.2 Å². The zero-order valence-corrected chi connectivity index (χ0v) is 17.3. The summed E-state index contributed by atoms with van der Waals surface area (Å²) in [6.45, 7) is 2.07. The van der Waals surface area contributed by atoms with Gasteiger partial charge in [0, 0.05) is 19.2 Å². The van der Waals surface area contributed by atoms with Crippen LogP contribution < -0.4 is 10.1 Å². The second kappa shape index (κ2) is 9.38. The summed E-state index contributed by atoms with van der Waals surface area (Å²) in [5.41, 5.74) is 1.41. The van der Waals surface area contributed by atoms with Gasteiger partial charge in [0.05, 0.1) is 11.7 Å². The Labute approximate surface area is 180 Å². The van der Waals surface area contributed by atoms with E-state index in [0.29, 0.717) is 29.5 Å². The van der Waals surface area contributed by atoms with E-state index in [1.807, 2.05) is 30.3 Å². The molecule has 1 fully saturated rings. The number of para-hydroxylation sites is 1. The van der Waals surface area contributed by atoms with Crippen LogP contribution in [-0.2, 0) is 9.59 Å². The lowest BCUT2D eigenvalue weighted by atomic mass is 10.0. The number of hydrogen-bond acceptors (Lipinski definition) is 6. The predicted molar refractivity (Wildman–Crippen MR) is 114 cm³/mol. The van der Waals surface area contributed by atoms with Crippen molar-refractivity contribution >= 4 is 17.5 Å². The Morgan fingerprint density at radius 3 is 2.61 bits per heavy atom. The van der Waals surface area contributed by atoms with Crippen molar-refractivity contribution in [3.63, 3.8) is 0 Å². The fraction of sp³-hybridized carbons (Fsp3) is 0.318. The number of piperidine rings is 1. The van der Waals surface area contributed by atoms with Crippen LogP contribution in [-0.4, -0.2) is 50.1 Å². The quantitative estimate of drug-likeness (QED) is 0.658. The molecular formula is C22H24N6O3. The number of nitrogens with zero attached hydrogens (tertiary/aromatic N) is 5. The molecule has 2 amide bonds. The lowest BCUT2D eigenvalue weighted by Crippen LogP contribution is -2.41. The first-order valence-corrected chi connectivity index (χ1v) is 10.3. The van der Waals surface area contributed by atoms with Crippen molar-refractivity contribution in [2.24, 2.45) is 0 Å². The van der Waals surface area contributed by atoms with Gasteiger partial charge in [0.25, 0.3) is 5.91 Å². The Morgan fingerprint density at radius 2 is 1.87 bits per heavy atom. The van der Waals surface area contributed by atoms with Crippen molar-refractivity contribution in [2.45, 2.75) is 32.2 Å². The fourth-order valence-corrected chi connectivity index (χ4v) is 3.59. The summed E-state index contributed by atoms with van der Waals surface area (Å²) < 4.78 is 5.64. The number of hydrogen-bond donors (Lipinski definition) is 1. The Hall–Kier alpha value is -3.75. The second-order valence-corrected chi connectivity index (χ2v) is 7.37. The largest absolute Gasteiger partial charge is 0.484 e. The topological polar surface area (TPSA) is 102 Å². The van der Waals surface area contributed by atoms with Crippen molar-refractivity contribution in [1.82, 2.24) is 25.1 Å². The van der Waals surface area contributed by atoms with Gasteiger partial charge in [0.2, 0.25) is 5.91 Å². The maximum Gasteiger partial charge on any atom is 0.261 e. The van der Waals surface area contributed by atoms with Crippen LogP contribution in [0.3, 0.4) is 0 Å². The smallest absolute Gasteiger partial charge is 0.261 e. The molecule has 1 aliphatic rings. The van der Waals surface area contributed by atoms with Crippen LogP contribution in [0.4, 0.5) is 5.69 Å². The number of carbonyl (C=O) groups excluding carboxylic acids is 2. The number of tetrazole rings is 1. The molecular weight excluding hydrogens is 396 g/mol. The summed E-state index contributed by atoms with van der Waals surface area (Å²) in [5.74, 6) is 0.951. The summed E-state index contributed by atoms with van der Waals surface area (Å²) in [6.07, 6.45) is 2.71. The van der Waals surface area contributed by atoms with Gasteiger partial charge in [-0.25, -0.2) is 0 Å². The Morgan fingerprint density at radius 1 is 1.10 bits per heavy atom. The van der Waals surface area contributed by atoms with Crippen LogP contribution >= 0.6 is 0 Å². The second-order valence-electron chi connectivity index (χ2n) is 7.37. The number of anilines is 1. The van der Waals surface area contributed by atoms with Crippen molar-refractivity contribution < 1.29 is 14.3 Å². The fourth-order valence-electron chi connectivity index (χ4n) is 3.59. The van der Waals surface area contributed by atoms with E-state index in [2.05, 4.69) is 20.7 Å². The highest BCUT2D eigenvalue weighted by molar-refractivity contribution is 5.88. The number of amides is 2.